The van der Waals surface area contributed by atoms with Gasteiger partial charge in [-0.1, -0.05) is 36.4 Å². The maximum atomic E-state index is 11.8. The predicted molar refractivity (Wildman–Crippen MR) is 116 cm³/mol. The van der Waals surface area contributed by atoms with Crippen LogP contribution >= 0.6 is 23.6 Å². The summed E-state index contributed by atoms with van der Waals surface area (Å²) in [5.41, 5.74) is 1.09. The lowest BCUT2D eigenvalue weighted by molar-refractivity contribution is -0.146. The molecule has 0 saturated carbocycles. The van der Waals surface area contributed by atoms with Crippen LogP contribution in [-0.2, 0) is 32.3 Å². The van der Waals surface area contributed by atoms with Crippen molar-refractivity contribution in [3.8, 4) is 10.7 Å². The molecule has 0 unspecified atom stereocenters. The van der Waals surface area contributed by atoms with Gasteiger partial charge >= 0.3 is 11.9 Å². The SMILES string of the molecule is COC(=O)CN(CC(=O)OC)Cn1nc(-c2cccs2)n(Cc2ccccc2)c1=S. The Morgan fingerprint density at radius 2 is 1.73 bits per heavy atom. The van der Waals surface area contributed by atoms with Crippen LogP contribution in [0.1, 0.15) is 5.56 Å². The Balaban J connectivity index is 1.95. The summed E-state index contributed by atoms with van der Waals surface area (Å²) in [4.78, 5) is 26.1. The molecular weight excluding hydrogens is 424 g/mol. The maximum Gasteiger partial charge on any atom is 0.319 e. The van der Waals surface area contributed by atoms with Gasteiger partial charge in [0, 0.05) is 0 Å². The van der Waals surface area contributed by atoms with Crippen LogP contribution in [0.3, 0.4) is 0 Å². The van der Waals surface area contributed by atoms with Crippen LogP contribution in [0.2, 0.25) is 0 Å². The zero-order chi connectivity index (χ0) is 21.5. The van der Waals surface area contributed by atoms with Crippen molar-refractivity contribution >= 4 is 35.5 Å². The number of carbonyl (C=O) groups excluding carboxylic acids is 2. The number of hydrogen-bond donors (Lipinski definition) is 0. The second kappa shape index (κ2) is 10.3. The molecule has 3 aromatic rings. The number of methoxy groups -OCH3 is 2. The van der Waals surface area contributed by atoms with Crippen molar-refractivity contribution in [2.24, 2.45) is 0 Å². The molecule has 0 aliphatic heterocycles. The molecule has 158 valence electrons. The molecule has 3 rings (SSSR count). The Bertz CT molecular complexity index is 1030. The first kappa shape index (κ1) is 21.9. The number of nitrogens with zero attached hydrogens (tertiary/aromatic N) is 4. The zero-order valence-electron chi connectivity index (χ0n) is 16.7. The molecule has 0 aliphatic carbocycles. The lowest BCUT2D eigenvalue weighted by atomic mass is 10.2. The molecule has 0 N–H and O–H groups in total. The third-order valence-corrected chi connectivity index (χ3v) is 5.64. The van der Waals surface area contributed by atoms with Crippen molar-refractivity contribution in [3.63, 3.8) is 0 Å². The van der Waals surface area contributed by atoms with Crippen LogP contribution in [0.4, 0.5) is 0 Å². The highest BCUT2D eigenvalue weighted by molar-refractivity contribution is 7.71. The van der Waals surface area contributed by atoms with Crippen LogP contribution in [0.5, 0.6) is 0 Å². The summed E-state index contributed by atoms with van der Waals surface area (Å²) in [5, 5.41) is 6.67. The number of hydrogen-bond acceptors (Lipinski definition) is 8. The molecule has 2 aromatic heterocycles. The lowest BCUT2D eigenvalue weighted by Crippen LogP contribution is -2.37. The van der Waals surface area contributed by atoms with Crippen molar-refractivity contribution in [2.45, 2.75) is 13.2 Å². The van der Waals surface area contributed by atoms with Gasteiger partial charge in [0.1, 0.15) is 0 Å². The van der Waals surface area contributed by atoms with E-state index in [-0.39, 0.29) is 19.8 Å². The topological polar surface area (TPSA) is 78.6 Å². The Labute approximate surface area is 183 Å². The van der Waals surface area contributed by atoms with E-state index in [4.69, 9.17) is 26.8 Å². The van der Waals surface area contributed by atoms with Crippen molar-refractivity contribution in [3.05, 3.63) is 58.2 Å². The average molecular weight is 447 g/mol. The fraction of sp³-hybridized carbons (Fsp3) is 0.300. The normalized spacial score (nSPS) is 10.9. The molecule has 0 aliphatic rings. The van der Waals surface area contributed by atoms with E-state index >= 15 is 0 Å². The molecule has 0 bridgehead atoms. The monoisotopic (exact) mass is 446 g/mol. The summed E-state index contributed by atoms with van der Waals surface area (Å²) in [7, 11) is 2.60. The second-order valence-corrected chi connectivity index (χ2v) is 7.75. The van der Waals surface area contributed by atoms with Gasteiger partial charge in [-0.15, -0.1) is 16.4 Å². The molecule has 2 heterocycles. The zero-order valence-corrected chi connectivity index (χ0v) is 18.3. The summed E-state index contributed by atoms with van der Waals surface area (Å²) >= 11 is 7.26. The molecule has 0 saturated heterocycles. The van der Waals surface area contributed by atoms with Crippen molar-refractivity contribution in [1.29, 1.82) is 0 Å². The second-order valence-electron chi connectivity index (χ2n) is 6.44. The van der Waals surface area contributed by atoms with Gasteiger partial charge in [0.25, 0.3) is 0 Å². The van der Waals surface area contributed by atoms with Gasteiger partial charge in [-0.2, -0.15) is 0 Å². The minimum atomic E-state index is -0.465. The van der Waals surface area contributed by atoms with E-state index in [1.54, 1.807) is 20.9 Å². The van der Waals surface area contributed by atoms with E-state index in [0.29, 0.717) is 11.3 Å². The van der Waals surface area contributed by atoms with Gasteiger partial charge < -0.3 is 9.47 Å². The largest absolute Gasteiger partial charge is 0.468 e. The molecule has 8 nitrogen and oxygen atoms in total. The summed E-state index contributed by atoms with van der Waals surface area (Å²) in [5.74, 6) is -0.199. The standard InChI is InChI=1S/C20H22N4O4S2/c1-27-17(25)12-22(13-18(26)28-2)14-24-20(29)23(11-15-7-4-3-5-8-15)19(21-24)16-9-6-10-30-16/h3-10H,11-14H2,1-2H3. The van der Waals surface area contributed by atoms with Gasteiger partial charge in [-0.3, -0.25) is 19.1 Å². The summed E-state index contributed by atoms with van der Waals surface area (Å²) in [6.07, 6.45) is 0. The lowest BCUT2D eigenvalue weighted by Gasteiger charge is -2.19. The number of rotatable bonds is 9. The highest BCUT2D eigenvalue weighted by Crippen LogP contribution is 2.24. The van der Waals surface area contributed by atoms with Crippen LogP contribution in [-0.4, -0.2) is 58.5 Å². The smallest absolute Gasteiger partial charge is 0.319 e. The van der Waals surface area contributed by atoms with E-state index in [9.17, 15) is 9.59 Å². The molecular formula is C20H22N4O4S2. The first-order valence-electron chi connectivity index (χ1n) is 9.13. The third kappa shape index (κ3) is 5.41. The number of aromatic nitrogens is 3. The van der Waals surface area contributed by atoms with Gasteiger partial charge in [-0.05, 0) is 29.2 Å². The Kier molecular flexibility index (Phi) is 7.50. The van der Waals surface area contributed by atoms with E-state index in [1.807, 2.05) is 52.4 Å². The van der Waals surface area contributed by atoms with E-state index in [2.05, 4.69) is 0 Å². The maximum absolute atomic E-state index is 11.8. The first-order chi connectivity index (χ1) is 14.5. The minimum absolute atomic E-state index is 0.0900. The molecule has 0 radical (unpaired) electrons. The Morgan fingerprint density at radius 3 is 2.30 bits per heavy atom. The minimum Gasteiger partial charge on any atom is -0.468 e. The molecule has 0 atom stereocenters. The van der Waals surface area contributed by atoms with Gasteiger partial charge in [-0.25, -0.2) is 4.68 Å². The van der Waals surface area contributed by atoms with Crippen molar-refractivity contribution in [2.75, 3.05) is 27.3 Å². The number of benzene rings is 1. The summed E-state index contributed by atoms with van der Waals surface area (Å²) in [6, 6.07) is 13.9. The number of esters is 2. The van der Waals surface area contributed by atoms with Gasteiger partial charge in [0.15, 0.2) is 10.6 Å². The van der Waals surface area contributed by atoms with E-state index in [1.165, 1.54) is 14.2 Å². The quantitative estimate of drug-likeness (QED) is 0.369. The molecule has 0 fully saturated rings. The number of ether oxygens (including phenoxy) is 2. The molecule has 1 aromatic carbocycles. The van der Waals surface area contributed by atoms with Gasteiger partial charge in [0.2, 0.25) is 0 Å². The number of carbonyl (C=O) groups is 2. The molecule has 30 heavy (non-hydrogen) atoms. The first-order valence-corrected chi connectivity index (χ1v) is 10.4. The Morgan fingerprint density at radius 1 is 1.07 bits per heavy atom. The predicted octanol–water partition coefficient (Wildman–Crippen LogP) is 2.80. The summed E-state index contributed by atoms with van der Waals surface area (Å²) in [6.45, 7) is 0.518. The fourth-order valence-corrected chi connectivity index (χ4v) is 3.84. The highest BCUT2D eigenvalue weighted by atomic mass is 32.1. The van der Waals surface area contributed by atoms with Crippen molar-refractivity contribution in [1.82, 2.24) is 19.2 Å². The summed E-state index contributed by atoms with van der Waals surface area (Å²) < 4.78 is 13.5. The molecule has 0 amide bonds. The average Bonchev–Trinajstić information content (AvgIpc) is 3.38. The van der Waals surface area contributed by atoms with Crippen LogP contribution in [0, 0.1) is 4.77 Å². The van der Waals surface area contributed by atoms with E-state index < -0.39 is 11.9 Å². The number of thiophene rings is 1. The van der Waals surface area contributed by atoms with Crippen LogP contribution in [0.15, 0.2) is 47.8 Å². The van der Waals surface area contributed by atoms with Crippen LogP contribution in [0.25, 0.3) is 10.7 Å². The van der Waals surface area contributed by atoms with Crippen LogP contribution < -0.4 is 0 Å². The molecule has 0 spiro atoms. The van der Waals surface area contributed by atoms with Gasteiger partial charge in [0.05, 0.1) is 45.4 Å². The molecule has 10 heteroatoms. The Hall–Kier alpha value is -2.82. The fourth-order valence-electron chi connectivity index (χ4n) is 2.87. The third-order valence-electron chi connectivity index (χ3n) is 4.34. The highest BCUT2D eigenvalue weighted by Gasteiger charge is 2.20. The van der Waals surface area contributed by atoms with Crippen molar-refractivity contribution < 1.29 is 19.1 Å². The van der Waals surface area contributed by atoms with E-state index in [0.717, 1.165) is 16.3 Å².